The highest BCUT2D eigenvalue weighted by Gasteiger charge is 2.28. The van der Waals surface area contributed by atoms with Gasteiger partial charge in [-0.2, -0.15) is 18.3 Å². The summed E-state index contributed by atoms with van der Waals surface area (Å²) in [7, 11) is 0. The predicted octanol–water partition coefficient (Wildman–Crippen LogP) is 1.55. The van der Waals surface area contributed by atoms with E-state index < -0.39 is 24.7 Å². The summed E-state index contributed by atoms with van der Waals surface area (Å²) in [6, 6.07) is 1.31. The third-order valence-electron chi connectivity index (χ3n) is 2.96. The molecule has 0 bridgehead atoms. The Bertz CT molecular complexity index is 470. The Balaban J connectivity index is 2.22. The lowest BCUT2D eigenvalue weighted by Gasteiger charge is -2.15. The van der Waals surface area contributed by atoms with Crippen molar-refractivity contribution in [3.05, 3.63) is 17.5 Å². The lowest BCUT2D eigenvalue weighted by atomic mass is 10.3. The molecule has 1 atom stereocenters. The summed E-state index contributed by atoms with van der Waals surface area (Å²) < 4.78 is 37.8. The van der Waals surface area contributed by atoms with E-state index >= 15 is 0 Å². The minimum Gasteiger partial charge on any atom is -0.346 e. The van der Waals surface area contributed by atoms with Crippen LogP contribution in [-0.4, -0.2) is 41.0 Å². The van der Waals surface area contributed by atoms with Crippen molar-refractivity contribution in [3.8, 4) is 0 Å². The third kappa shape index (κ3) is 6.61. The van der Waals surface area contributed by atoms with Gasteiger partial charge >= 0.3 is 6.18 Å². The fourth-order valence-electron chi connectivity index (χ4n) is 1.88. The average Bonchev–Trinajstić information content (AvgIpc) is 2.69. The minimum atomic E-state index is -4.38. The first-order chi connectivity index (χ1) is 9.69. The molecule has 0 saturated heterocycles. The number of amides is 1. The van der Waals surface area contributed by atoms with Crippen molar-refractivity contribution in [2.45, 2.75) is 46.0 Å². The summed E-state index contributed by atoms with van der Waals surface area (Å²) >= 11 is 0. The number of carbonyl (C=O) groups is 1. The Kier molecular flexibility index (Phi) is 6.19. The Morgan fingerprint density at radius 1 is 1.43 bits per heavy atom. The lowest BCUT2D eigenvalue weighted by Crippen LogP contribution is -2.45. The molecule has 1 aromatic rings. The Morgan fingerprint density at radius 2 is 2.10 bits per heavy atom. The van der Waals surface area contributed by atoms with Crippen molar-refractivity contribution in [1.82, 2.24) is 20.4 Å². The summed E-state index contributed by atoms with van der Waals surface area (Å²) in [4.78, 5) is 11.4. The maximum Gasteiger partial charge on any atom is 0.405 e. The SMILES string of the molecule is Cc1cc(C)n(CCCNC(C)C(=O)NCC(F)(F)F)n1. The van der Waals surface area contributed by atoms with E-state index in [4.69, 9.17) is 0 Å². The van der Waals surface area contributed by atoms with Crippen molar-refractivity contribution in [1.29, 1.82) is 0 Å². The second-order valence-corrected chi connectivity index (χ2v) is 5.01. The Morgan fingerprint density at radius 3 is 2.62 bits per heavy atom. The van der Waals surface area contributed by atoms with Gasteiger partial charge in [-0.3, -0.25) is 9.48 Å². The number of halogens is 3. The number of nitrogens with zero attached hydrogens (tertiary/aromatic N) is 2. The van der Waals surface area contributed by atoms with Crippen LogP contribution < -0.4 is 10.6 Å². The maximum atomic E-state index is 12.0. The second-order valence-electron chi connectivity index (χ2n) is 5.01. The zero-order valence-electron chi connectivity index (χ0n) is 12.4. The summed E-state index contributed by atoms with van der Waals surface area (Å²) in [5.74, 6) is -0.654. The topological polar surface area (TPSA) is 59.0 Å². The Hall–Kier alpha value is -1.57. The van der Waals surface area contributed by atoms with Gasteiger partial charge in [0.2, 0.25) is 5.91 Å². The molecule has 0 aliphatic heterocycles. The standard InChI is InChI=1S/C13H21F3N4O/c1-9-7-10(2)20(19-9)6-4-5-17-11(3)12(21)18-8-13(14,15)16/h7,11,17H,4-6,8H2,1-3H3,(H,18,21). The highest BCUT2D eigenvalue weighted by Crippen LogP contribution is 2.12. The molecular formula is C13H21F3N4O. The molecule has 0 fully saturated rings. The molecule has 2 N–H and O–H groups in total. The summed E-state index contributed by atoms with van der Waals surface area (Å²) in [5.41, 5.74) is 2.00. The number of hydrogen-bond donors (Lipinski definition) is 2. The van der Waals surface area contributed by atoms with Crippen LogP contribution in [0.2, 0.25) is 0 Å². The smallest absolute Gasteiger partial charge is 0.346 e. The molecule has 1 aromatic heterocycles. The van der Waals surface area contributed by atoms with Gasteiger partial charge in [-0.15, -0.1) is 0 Å². The van der Waals surface area contributed by atoms with Crippen LogP contribution in [0.5, 0.6) is 0 Å². The number of hydrogen-bond acceptors (Lipinski definition) is 3. The molecular weight excluding hydrogens is 285 g/mol. The van der Waals surface area contributed by atoms with Crippen LogP contribution in [0.4, 0.5) is 13.2 Å². The molecule has 120 valence electrons. The molecule has 1 heterocycles. The van der Waals surface area contributed by atoms with E-state index in [9.17, 15) is 18.0 Å². The molecule has 0 spiro atoms. The fraction of sp³-hybridized carbons (Fsp3) is 0.692. The highest BCUT2D eigenvalue weighted by molar-refractivity contribution is 5.81. The molecule has 21 heavy (non-hydrogen) atoms. The minimum absolute atomic E-state index is 0.527. The van der Waals surface area contributed by atoms with Gasteiger partial charge in [-0.25, -0.2) is 0 Å². The normalized spacial score (nSPS) is 13.2. The predicted molar refractivity (Wildman–Crippen MR) is 72.8 cm³/mol. The molecule has 5 nitrogen and oxygen atoms in total. The van der Waals surface area contributed by atoms with Crippen LogP contribution in [-0.2, 0) is 11.3 Å². The van der Waals surface area contributed by atoms with Crippen LogP contribution in [0.1, 0.15) is 24.7 Å². The van der Waals surface area contributed by atoms with E-state index in [0.717, 1.165) is 17.8 Å². The number of carbonyl (C=O) groups excluding carboxylic acids is 1. The lowest BCUT2D eigenvalue weighted by molar-refractivity contribution is -0.139. The van der Waals surface area contributed by atoms with Crippen LogP contribution >= 0.6 is 0 Å². The number of rotatable bonds is 7. The second kappa shape index (κ2) is 7.44. The van der Waals surface area contributed by atoms with E-state index in [0.29, 0.717) is 13.1 Å². The van der Waals surface area contributed by atoms with E-state index in [1.165, 1.54) is 6.92 Å². The van der Waals surface area contributed by atoms with Crippen molar-refractivity contribution in [2.75, 3.05) is 13.1 Å². The van der Waals surface area contributed by atoms with Gasteiger partial charge in [0.25, 0.3) is 0 Å². The van der Waals surface area contributed by atoms with Gasteiger partial charge in [0.15, 0.2) is 0 Å². The van der Waals surface area contributed by atoms with Crippen molar-refractivity contribution in [3.63, 3.8) is 0 Å². The number of aryl methyl sites for hydroxylation is 3. The third-order valence-corrected chi connectivity index (χ3v) is 2.96. The fourth-order valence-corrected chi connectivity index (χ4v) is 1.88. The molecule has 0 aliphatic rings. The van der Waals surface area contributed by atoms with Crippen LogP contribution in [0, 0.1) is 13.8 Å². The van der Waals surface area contributed by atoms with E-state index in [2.05, 4.69) is 10.4 Å². The average molecular weight is 306 g/mol. The number of alkyl halides is 3. The van der Waals surface area contributed by atoms with Crippen molar-refractivity contribution in [2.24, 2.45) is 0 Å². The first kappa shape index (κ1) is 17.5. The van der Waals surface area contributed by atoms with Gasteiger partial charge < -0.3 is 10.6 Å². The first-order valence-electron chi connectivity index (χ1n) is 6.78. The van der Waals surface area contributed by atoms with Crippen LogP contribution in [0.3, 0.4) is 0 Å². The van der Waals surface area contributed by atoms with Crippen molar-refractivity contribution >= 4 is 5.91 Å². The van der Waals surface area contributed by atoms with E-state index in [1.54, 1.807) is 0 Å². The molecule has 0 radical (unpaired) electrons. The van der Waals surface area contributed by atoms with Gasteiger partial charge in [0.05, 0.1) is 11.7 Å². The van der Waals surface area contributed by atoms with Gasteiger partial charge in [-0.05, 0) is 39.8 Å². The summed E-state index contributed by atoms with van der Waals surface area (Å²) in [6.07, 6.45) is -3.65. The number of nitrogens with one attached hydrogen (secondary N) is 2. The monoisotopic (exact) mass is 306 g/mol. The molecule has 1 amide bonds. The first-order valence-corrected chi connectivity index (χ1v) is 6.78. The molecule has 8 heteroatoms. The molecule has 1 rings (SSSR count). The summed E-state index contributed by atoms with van der Waals surface area (Å²) in [6.45, 7) is 5.33. The zero-order valence-corrected chi connectivity index (χ0v) is 12.4. The van der Waals surface area contributed by atoms with Crippen LogP contribution in [0.15, 0.2) is 6.07 Å². The quantitative estimate of drug-likeness (QED) is 0.751. The van der Waals surface area contributed by atoms with Gasteiger partial charge in [-0.1, -0.05) is 0 Å². The maximum absolute atomic E-state index is 12.0. The molecule has 0 aliphatic carbocycles. The number of aromatic nitrogens is 2. The molecule has 1 unspecified atom stereocenters. The van der Waals surface area contributed by atoms with Gasteiger partial charge in [0.1, 0.15) is 6.54 Å². The zero-order chi connectivity index (χ0) is 16.0. The summed E-state index contributed by atoms with van der Waals surface area (Å²) in [5, 5.41) is 9.05. The van der Waals surface area contributed by atoms with E-state index in [1.807, 2.05) is 29.9 Å². The largest absolute Gasteiger partial charge is 0.405 e. The molecule has 0 aromatic carbocycles. The molecule has 0 saturated carbocycles. The van der Waals surface area contributed by atoms with Crippen molar-refractivity contribution < 1.29 is 18.0 Å². The van der Waals surface area contributed by atoms with Crippen LogP contribution in [0.25, 0.3) is 0 Å². The van der Waals surface area contributed by atoms with Gasteiger partial charge in [0, 0.05) is 12.2 Å². The Labute approximate surface area is 121 Å². The van der Waals surface area contributed by atoms with E-state index in [-0.39, 0.29) is 0 Å². The highest BCUT2D eigenvalue weighted by atomic mass is 19.4.